The molecule has 1 amide bonds. The number of anilines is 1. The number of carbonyl (C=O) groups is 1. The second-order valence-corrected chi connectivity index (χ2v) is 7.65. The quantitative estimate of drug-likeness (QED) is 0.682. The zero-order chi connectivity index (χ0) is 17.7. The summed E-state index contributed by atoms with van der Waals surface area (Å²) in [6.07, 6.45) is 2.30. The Balaban J connectivity index is 1.71. The van der Waals surface area contributed by atoms with Crippen LogP contribution in [0.3, 0.4) is 0 Å². The molecule has 1 fully saturated rings. The highest BCUT2D eigenvalue weighted by Crippen LogP contribution is 2.40. The van der Waals surface area contributed by atoms with Gasteiger partial charge in [0.1, 0.15) is 16.4 Å². The number of benzene rings is 1. The van der Waals surface area contributed by atoms with Gasteiger partial charge in [0.05, 0.1) is 16.3 Å². The van der Waals surface area contributed by atoms with E-state index in [0.29, 0.717) is 16.5 Å². The van der Waals surface area contributed by atoms with Crippen molar-refractivity contribution in [3.8, 4) is 5.75 Å². The highest BCUT2D eigenvalue weighted by atomic mass is 32.1. The zero-order valence-corrected chi connectivity index (χ0v) is 15.2. The Hall–Kier alpha value is -2.47. The number of nitrogens with one attached hydrogen (secondary N) is 1. The van der Waals surface area contributed by atoms with E-state index >= 15 is 0 Å². The van der Waals surface area contributed by atoms with Gasteiger partial charge in [-0.1, -0.05) is 6.07 Å². The number of carbonyl (C=O) groups excluding carboxylic acids is 1. The van der Waals surface area contributed by atoms with E-state index in [1.165, 1.54) is 11.3 Å². The Kier molecular flexibility index (Phi) is 3.72. The number of phenols is 1. The fourth-order valence-electron chi connectivity index (χ4n) is 3.03. The van der Waals surface area contributed by atoms with E-state index in [1.807, 2.05) is 26.8 Å². The third-order valence-electron chi connectivity index (χ3n) is 4.54. The second-order valence-electron chi connectivity index (χ2n) is 6.65. The standard InChI is InChI=1S/C19H19N3O2S/c1-9-4-7-13(14(23)8-9)21-18(24)16-10(2)15-11(3)20-17(12-5-6-12)22-19(15)25-16/h4,7-8,12,23H,5-6H2,1-3H3,(H,21,24). The molecule has 5 nitrogen and oxygen atoms in total. The highest BCUT2D eigenvalue weighted by Gasteiger charge is 2.28. The van der Waals surface area contributed by atoms with Crippen LogP contribution in [0.4, 0.5) is 5.69 Å². The molecule has 0 spiro atoms. The molecule has 1 aliphatic rings. The monoisotopic (exact) mass is 353 g/mol. The SMILES string of the molecule is Cc1ccc(NC(=O)c2sc3nc(C4CC4)nc(C)c3c2C)c(O)c1. The Bertz CT molecular complexity index is 1010. The van der Waals surface area contributed by atoms with Crippen LogP contribution >= 0.6 is 11.3 Å². The molecule has 1 aliphatic carbocycles. The molecule has 0 unspecified atom stereocenters. The van der Waals surface area contributed by atoms with E-state index in [-0.39, 0.29) is 11.7 Å². The molecule has 2 aromatic heterocycles. The normalized spacial score (nSPS) is 14.0. The average molecular weight is 353 g/mol. The largest absolute Gasteiger partial charge is 0.506 e. The summed E-state index contributed by atoms with van der Waals surface area (Å²) in [4.78, 5) is 23.5. The summed E-state index contributed by atoms with van der Waals surface area (Å²) in [5.74, 6) is 1.22. The van der Waals surface area contributed by atoms with Crippen molar-refractivity contribution >= 4 is 33.1 Å². The first-order valence-electron chi connectivity index (χ1n) is 8.32. The summed E-state index contributed by atoms with van der Waals surface area (Å²) in [5.41, 5.74) is 3.17. The number of aromatic hydroxyl groups is 1. The van der Waals surface area contributed by atoms with Gasteiger partial charge >= 0.3 is 0 Å². The first kappa shape index (κ1) is 16.0. The van der Waals surface area contributed by atoms with Crippen LogP contribution in [0, 0.1) is 20.8 Å². The Morgan fingerprint density at radius 3 is 2.68 bits per heavy atom. The van der Waals surface area contributed by atoms with Crippen LogP contribution in [0.5, 0.6) is 5.75 Å². The molecule has 0 radical (unpaired) electrons. The van der Waals surface area contributed by atoms with Crippen LogP contribution in [-0.4, -0.2) is 21.0 Å². The lowest BCUT2D eigenvalue weighted by Gasteiger charge is -2.07. The maximum Gasteiger partial charge on any atom is 0.266 e. The van der Waals surface area contributed by atoms with Gasteiger partial charge in [0, 0.05) is 11.3 Å². The molecule has 0 aliphatic heterocycles. The van der Waals surface area contributed by atoms with Gasteiger partial charge < -0.3 is 10.4 Å². The average Bonchev–Trinajstić information content (AvgIpc) is 3.34. The number of nitrogens with zero attached hydrogens (tertiary/aromatic N) is 2. The topological polar surface area (TPSA) is 75.1 Å². The number of aryl methyl sites for hydroxylation is 3. The predicted octanol–water partition coefficient (Wildman–Crippen LogP) is 4.45. The third-order valence-corrected chi connectivity index (χ3v) is 5.72. The number of hydrogen-bond donors (Lipinski definition) is 2. The van der Waals surface area contributed by atoms with Crippen molar-refractivity contribution in [2.45, 2.75) is 39.5 Å². The fraction of sp³-hybridized carbons (Fsp3) is 0.316. The number of thiophene rings is 1. The van der Waals surface area contributed by atoms with Gasteiger partial charge in [0.25, 0.3) is 5.91 Å². The predicted molar refractivity (Wildman–Crippen MR) is 99.7 cm³/mol. The van der Waals surface area contributed by atoms with Gasteiger partial charge in [0.15, 0.2) is 0 Å². The number of phenolic OH excluding ortho intramolecular Hbond substituents is 1. The smallest absolute Gasteiger partial charge is 0.266 e. The van der Waals surface area contributed by atoms with Crippen LogP contribution in [0.2, 0.25) is 0 Å². The Morgan fingerprint density at radius 1 is 1.24 bits per heavy atom. The van der Waals surface area contributed by atoms with Crippen LogP contribution in [0.15, 0.2) is 18.2 Å². The van der Waals surface area contributed by atoms with Crippen molar-refractivity contribution in [3.05, 3.63) is 45.7 Å². The van der Waals surface area contributed by atoms with Crippen molar-refractivity contribution in [2.24, 2.45) is 0 Å². The van der Waals surface area contributed by atoms with Crippen molar-refractivity contribution in [1.82, 2.24) is 9.97 Å². The molecule has 2 heterocycles. The number of amides is 1. The molecule has 6 heteroatoms. The number of hydrogen-bond acceptors (Lipinski definition) is 5. The first-order chi connectivity index (χ1) is 11.9. The fourth-order valence-corrected chi connectivity index (χ4v) is 4.16. The minimum absolute atomic E-state index is 0.0686. The Morgan fingerprint density at radius 2 is 2.00 bits per heavy atom. The van der Waals surface area contributed by atoms with E-state index in [4.69, 9.17) is 0 Å². The van der Waals surface area contributed by atoms with Crippen LogP contribution in [0.25, 0.3) is 10.2 Å². The number of aromatic nitrogens is 2. The lowest BCUT2D eigenvalue weighted by Crippen LogP contribution is -2.11. The third kappa shape index (κ3) is 2.87. The van der Waals surface area contributed by atoms with Crippen molar-refractivity contribution in [3.63, 3.8) is 0 Å². The summed E-state index contributed by atoms with van der Waals surface area (Å²) >= 11 is 1.39. The summed E-state index contributed by atoms with van der Waals surface area (Å²) in [7, 11) is 0. The van der Waals surface area contributed by atoms with Crippen molar-refractivity contribution in [1.29, 1.82) is 0 Å². The summed E-state index contributed by atoms with van der Waals surface area (Å²) < 4.78 is 0. The van der Waals surface area contributed by atoms with Gasteiger partial charge in [-0.3, -0.25) is 4.79 Å². The molecule has 0 bridgehead atoms. The molecule has 3 aromatic rings. The maximum absolute atomic E-state index is 12.7. The minimum atomic E-state index is -0.230. The van der Waals surface area contributed by atoms with Crippen LogP contribution < -0.4 is 5.32 Å². The zero-order valence-electron chi connectivity index (χ0n) is 14.4. The summed E-state index contributed by atoms with van der Waals surface area (Å²) in [6.45, 7) is 5.79. The Labute approximate surface area is 149 Å². The van der Waals surface area contributed by atoms with Gasteiger partial charge in [-0.05, 0) is 56.9 Å². The van der Waals surface area contributed by atoms with Crippen LogP contribution in [-0.2, 0) is 0 Å². The minimum Gasteiger partial charge on any atom is -0.506 e. The molecule has 1 saturated carbocycles. The second kappa shape index (κ2) is 5.81. The highest BCUT2D eigenvalue weighted by molar-refractivity contribution is 7.20. The van der Waals surface area contributed by atoms with Crippen molar-refractivity contribution in [2.75, 3.05) is 5.32 Å². The van der Waals surface area contributed by atoms with E-state index in [2.05, 4.69) is 15.3 Å². The van der Waals surface area contributed by atoms with Crippen LogP contribution in [0.1, 0.15) is 51.1 Å². The van der Waals surface area contributed by atoms with Crippen molar-refractivity contribution < 1.29 is 9.90 Å². The molecule has 0 saturated heterocycles. The van der Waals surface area contributed by atoms with Gasteiger partial charge in [-0.25, -0.2) is 9.97 Å². The van der Waals surface area contributed by atoms with E-state index < -0.39 is 0 Å². The molecule has 4 rings (SSSR count). The molecule has 25 heavy (non-hydrogen) atoms. The molecule has 128 valence electrons. The van der Waals surface area contributed by atoms with Gasteiger partial charge in [0.2, 0.25) is 0 Å². The molecule has 1 aromatic carbocycles. The first-order valence-corrected chi connectivity index (χ1v) is 9.14. The summed E-state index contributed by atoms with van der Waals surface area (Å²) in [6, 6.07) is 5.19. The summed E-state index contributed by atoms with van der Waals surface area (Å²) in [5, 5.41) is 13.8. The number of fused-ring (bicyclic) bond motifs is 1. The maximum atomic E-state index is 12.7. The van der Waals surface area contributed by atoms with E-state index in [0.717, 1.165) is 45.7 Å². The molecule has 2 N–H and O–H groups in total. The molecular weight excluding hydrogens is 334 g/mol. The van der Waals surface area contributed by atoms with E-state index in [1.54, 1.807) is 12.1 Å². The van der Waals surface area contributed by atoms with E-state index in [9.17, 15) is 9.90 Å². The molecular formula is C19H19N3O2S. The van der Waals surface area contributed by atoms with Gasteiger partial charge in [-0.2, -0.15) is 0 Å². The van der Waals surface area contributed by atoms with Gasteiger partial charge in [-0.15, -0.1) is 11.3 Å². The lowest BCUT2D eigenvalue weighted by atomic mass is 10.1. The molecule has 0 atom stereocenters. The number of rotatable bonds is 3. The lowest BCUT2D eigenvalue weighted by molar-refractivity contribution is 0.102.